The van der Waals surface area contributed by atoms with E-state index < -0.39 is 0 Å². The van der Waals surface area contributed by atoms with E-state index in [9.17, 15) is 4.79 Å². The van der Waals surface area contributed by atoms with Crippen molar-refractivity contribution in [3.05, 3.63) is 12.2 Å². The highest BCUT2D eigenvalue weighted by atomic mass is 16.5. The summed E-state index contributed by atoms with van der Waals surface area (Å²) >= 11 is 0. The average Bonchev–Trinajstić information content (AvgIpc) is 2.34. The van der Waals surface area contributed by atoms with Gasteiger partial charge >= 0.3 is 0 Å². The Hall–Kier alpha value is -0.910. The third-order valence-corrected chi connectivity index (χ3v) is 2.32. The molecule has 4 N–H and O–H groups in total. The van der Waals surface area contributed by atoms with Crippen molar-refractivity contribution in [1.29, 1.82) is 0 Å². The van der Waals surface area contributed by atoms with Gasteiger partial charge in [-0.05, 0) is 13.3 Å². The van der Waals surface area contributed by atoms with Crippen LogP contribution < -0.4 is 16.4 Å². The molecule has 0 aliphatic carbocycles. The fourth-order valence-corrected chi connectivity index (χ4v) is 1.38. The molecule has 106 valence electrons. The summed E-state index contributed by atoms with van der Waals surface area (Å²) in [7, 11) is 0. The van der Waals surface area contributed by atoms with Crippen molar-refractivity contribution in [2.24, 2.45) is 5.73 Å². The Morgan fingerprint density at radius 2 is 2.17 bits per heavy atom. The highest BCUT2D eigenvalue weighted by Crippen LogP contribution is 1.91. The largest absolute Gasteiger partial charge is 0.376 e. The van der Waals surface area contributed by atoms with Crippen LogP contribution in [0.1, 0.15) is 26.7 Å². The van der Waals surface area contributed by atoms with Crippen LogP contribution in [0.3, 0.4) is 0 Å². The van der Waals surface area contributed by atoms with E-state index in [1.165, 1.54) is 0 Å². The second-order valence-corrected chi connectivity index (χ2v) is 4.45. The topological polar surface area (TPSA) is 76.4 Å². The molecule has 0 fully saturated rings. The van der Waals surface area contributed by atoms with Gasteiger partial charge in [-0.1, -0.05) is 19.1 Å². The number of hydrogen-bond donors (Lipinski definition) is 3. The van der Waals surface area contributed by atoms with Gasteiger partial charge in [-0.3, -0.25) is 4.79 Å². The molecule has 0 aliphatic rings. The van der Waals surface area contributed by atoms with Gasteiger partial charge in [-0.15, -0.1) is 0 Å². The van der Waals surface area contributed by atoms with Crippen LogP contribution in [-0.2, 0) is 9.53 Å². The first-order chi connectivity index (χ1) is 8.60. The van der Waals surface area contributed by atoms with Crippen molar-refractivity contribution in [3.63, 3.8) is 0 Å². The van der Waals surface area contributed by atoms with E-state index in [-0.39, 0.29) is 11.9 Å². The summed E-state index contributed by atoms with van der Waals surface area (Å²) in [5.41, 5.74) is 6.62. The summed E-state index contributed by atoms with van der Waals surface area (Å²) < 4.78 is 5.36. The van der Waals surface area contributed by atoms with Gasteiger partial charge in [0.15, 0.2) is 0 Å². The van der Waals surface area contributed by atoms with Gasteiger partial charge in [0.25, 0.3) is 0 Å². The van der Waals surface area contributed by atoms with Gasteiger partial charge < -0.3 is 21.1 Å². The minimum atomic E-state index is 0.00952. The van der Waals surface area contributed by atoms with E-state index in [1.54, 1.807) is 0 Å². The van der Waals surface area contributed by atoms with Gasteiger partial charge in [-0.25, -0.2) is 0 Å². The Morgan fingerprint density at radius 3 is 2.72 bits per heavy atom. The van der Waals surface area contributed by atoms with Crippen LogP contribution in [0.5, 0.6) is 0 Å². The summed E-state index contributed by atoms with van der Waals surface area (Å²) in [6.45, 7) is 10.7. The molecule has 0 radical (unpaired) electrons. The first-order valence-electron chi connectivity index (χ1n) is 6.52. The number of carbonyl (C=O) groups excluding carboxylic acids is 1. The van der Waals surface area contributed by atoms with Gasteiger partial charge in [-0.2, -0.15) is 0 Å². The molecule has 0 bridgehead atoms. The van der Waals surface area contributed by atoms with Crippen molar-refractivity contribution >= 4 is 5.91 Å². The smallest absolute Gasteiger partial charge is 0.221 e. The van der Waals surface area contributed by atoms with E-state index in [0.29, 0.717) is 32.7 Å². The van der Waals surface area contributed by atoms with E-state index in [2.05, 4.69) is 17.2 Å². The zero-order chi connectivity index (χ0) is 13.8. The molecule has 5 heteroatoms. The molecule has 1 unspecified atom stereocenters. The Kier molecular flexibility index (Phi) is 10.6. The summed E-state index contributed by atoms with van der Waals surface area (Å²) in [4.78, 5) is 11.5. The molecule has 0 aromatic carbocycles. The van der Waals surface area contributed by atoms with Gasteiger partial charge in [0.2, 0.25) is 5.91 Å². The number of hydrogen-bond acceptors (Lipinski definition) is 4. The van der Waals surface area contributed by atoms with Crippen molar-refractivity contribution < 1.29 is 9.53 Å². The molecular weight excluding hydrogens is 230 g/mol. The van der Waals surface area contributed by atoms with Crippen LogP contribution in [-0.4, -0.2) is 44.8 Å². The minimum Gasteiger partial charge on any atom is -0.376 e. The quantitative estimate of drug-likeness (QED) is 0.370. The SMILES string of the molecule is C=C(C)COCCNC(CN)CC(=O)NCCC. The Balaban J connectivity index is 3.63. The van der Waals surface area contributed by atoms with Crippen LogP contribution in [0.2, 0.25) is 0 Å². The summed E-state index contributed by atoms with van der Waals surface area (Å²) in [6.07, 6.45) is 1.36. The first kappa shape index (κ1) is 17.1. The second-order valence-electron chi connectivity index (χ2n) is 4.45. The third kappa shape index (κ3) is 10.3. The van der Waals surface area contributed by atoms with Crippen molar-refractivity contribution in [2.45, 2.75) is 32.7 Å². The zero-order valence-electron chi connectivity index (χ0n) is 11.6. The van der Waals surface area contributed by atoms with Crippen molar-refractivity contribution in [1.82, 2.24) is 10.6 Å². The second kappa shape index (κ2) is 11.2. The molecule has 0 saturated heterocycles. The molecule has 1 atom stereocenters. The summed E-state index contributed by atoms with van der Waals surface area (Å²) in [5.74, 6) is 0.0441. The lowest BCUT2D eigenvalue weighted by Crippen LogP contribution is -2.42. The summed E-state index contributed by atoms with van der Waals surface area (Å²) in [6, 6.07) is 0.00952. The zero-order valence-corrected chi connectivity index (χ0v) is 11.6. The van der Waals surface area contributed by atoms with Gasteiger partial charge in [0.05, 0.1) is 13.2 Å². The van der Waals surface area contributed by atoms with Crippen LogP contribution >= 0.6 is 0 Å². The molecular formula is C13H27N3O2. The highest BCUT2D eigenvalue weighted by Gasteiger charge is 2.10. The fraction of sp³-hybridized carbons (Fsp3) is 0.769. The summed E-state index contributed by atoms with van der Waals surface area (Å²) in [5, 5.41) is 6.05. The van der Waals surface area contributed by atoms with Crippen LogP contribution in [0, 0.1) is 0 Å². The lowest BCUT2D eigenvalue weighted by atomic mass is 10.2. The minimum absolute atomic E-state index is 0.00952. The van der Waals surface area contributed by atoms with Crippen molar-refractivity contribution in [2.75, 3.05) is 32.8 Å². The average molecular weight is 257 g/mol. The number of nitrogens with two attached hydrogens (primary N) is 1. The van der Waals surface area contributed by atoms with Crippen LogP contribution in [0.15, 0.2) is 12.2 Å². The maximum Gasteiger partial charge on any atom is 0.221 e. The number of rotatable bonds is 11. The third-order valence-electron chi connectivity index (χ3n) is 2.32. The molecule has 0 spiro atoms. The van der Waals surface area contributed by atoms with E-state index in [0.717, 1.165) is 18.5 Å². The maximum absolute atomic E-state index is 11.5. The Morgan fingerprint density at radius 1 is 1.44 bits per heavy atom. The highest BCUT2D eigenvalue weighted by molar-refractivity contribution is 5.76. The Bertz CT molecular complexity index is 244. The van der Waals surface area contributed by atoms with E-state index in [4.69, 9.17) is 10.5 Å². The Labute approximate surface area is 110 Å². The lowest BCUT2D eigenvalue weighted by Gasteiger charge is -2.16. The molecule has 0 rings (SSSR count). The molecule has 18 heavy (non-hydrogen) atoms. The maximum atomic E-state index is 11.5. The predicted molar refractivity (Wildman–Crippen MR) is 74.4 cm³/mol. The van der Waals surface area contributed by atoms with E-state index in [1.807, 2.05) is 13.8 Å². The van der Waals surface area contributed by atoms with E-state index >= 15 is 0 Å². The number of nitrogens with one attached hydrogen (secondary N) is 2. The van der Waals surface area contributed by atoms with Crippen LogP contribution in [0.25, 0.3) is 0 Å². The monoisotopic (exact) mass is 257 g/mol. The predicted octanol–water partition coefficient (Wildman–Crippen LogP) is 0.412. The molecule has 0 heterocycles. The standard InChI is InChI=1S/C13H27N3O2/c1-4-5-16-13(17)8-12(9-14)15-6-7-18-10-11(2)3/h12,15H,2,4-10,14H2,1,3H3,(H,16,17). The number of carbonyl (C=O) groups is 1. The van der Waals surface area contributed by atoms with Crippen molar-refractivity contribution in [3.8, 4) is 0 Å². The number of amides is 1. The first-order valence-corrected chi connectivity index (χ1v) is 6.52. The molecule has 0 aromatic heterocycles. The fourth-order valence-electron chi connectivity index (χ4n) is 1.38. The van der Waals surface area contributed by atoms with Gasteiger partial charge in [0.1, 0.15) is 0 Å². The molecule has 0 saturated carbocycles. The molecule has 5 nitrogen and oxygen atoms in total. The molecule has 0 aromatic rings. The molecule has 1 amide bonds. The molecule has 0 aliphatic heterocycles. The van der Waals surface area contributed by atoms with Crippen LogP contribution in [0.4, 0.5) is 0 Å². The normalized spacial score (nSPS) is 12.2. The van der Waals surface area contributed by atoms with Gasteiger partial charge in [0, 0.05) is 32.1 Å². The lowest BCUT2D eigenvalue weighted by molar-refractivity contribution is -0.121. The number of ether oxygens (including phenoxy) is 1.